The van der Waals surface area contributed by atoms with Gasteiger partial charge in [0.05, 0.1) is 18.4 Å². The van der Waals surface area contributed by atoms with Gasteiger partial charge in [-0.25, -0.2) is 19.2 Å². The highest BCUT2D eigenvalue weighted by molar-refractivity contribution is 5.83. The molecule has 7 heteroatoms. The van der Waals surface area contributed by atoms with Gasteiger partial charge in [0.25, 0.3) is 0 Å². The second kappa shape index (κ2) is 7.27. The molecule has 1 N–H and O–H groups in total. The number of benzene rings is 1. The molecule has 0 spiro atoms. The highest BCUT2D eigenvalue weighted by atomic mass is 19.1. The van der Waals surface area contributed by atoms with Gasteiger partial charge in [-0.15, -0.1) is 0 Å². The standard InChI is InChI=1S/C19H23FN4O2/c1-19(2,3)26-18(25)23-16-11-22-17(12-21-16)24-9-5-8-15(24)13-6-4-7-14(20)10-13/h4,6-7,10-12,15H,5,8-9H2,1-3H3,(H,21,23,25). The van der Waals surface area contributed by atoms with Crippen LogP contribution < -0.4 is 10.2 Å². The molecule has 138 valence electrons. The Morgan fingerprint density at radius 1 is 1.31 bits per heavy atom. The lowest BCUT2D eigenvalue weighted by atomic mass is 10.0. The number of hydrogen-bond acceptors (Lipinski definition) is 5. The van der Waals surface area contributed by atoms with Crippen LogP contribution in [0, 0.1) is 5.82 Å². The van der Waals surface area contributed by atoms with Crippen LogP contribution in [-0.4, -0.2) is 28.2 Å². The molecule has 1 atom stereocenters. The molecule has 1 fully saturated rings. The molecule has 6 nitrogen and oxygen atoms in total. The van der Waals surface area contributed by atoms with Gasteiger partial charge in [-0.3, -0.25) is 5.32 Å². The largest absolute Gasteiger partial charge is 0.444 e. The average Bonchev–Trinajstić information content (AvgIpc) is 3.03. The van der Waals surface area contributed by atoms with Crippen LogP contribution in [0.4, 0.5) is 20.8 Å². The molecular formula is C19H23FN4O2. The maximum atomic E-state index is 13.5. The number of anilines is 2. The molecular weight excluding hydrogens is 335 g/mol. The number of carbonyl (C=O) groups is 1. The first-order valence-corrected chi connectivity index (χ1v) is 8.66. The van der Waals surface area contributed by atoms with Crippen LogP contribution in [0.2, 0.25) is 0 Å². The summed E-state index contributed by atoms with van der Waals surface area (Å²) >= 11 is 0. The van der Waals surface area contributed by atoms with Crippen molar-refractivity contribution in [1.82, 2.24) is 9.97 Å². The van der Waals surface area contributed by atoms with Gasteiger partial charge in [-0.2, -0.15) is 0 Å². The van der Waals surface area contributed by atoms with Crippen molar-refractivity contribution in [2.24, 2.45) is 0 Å². The van der Waals surface area contributed by atoms with Crippen LogP contribution in [-0.2, 0) is 4.74 Å². The third-order valence-corrected chi connectivity index (χ3v) is 4.05. The van der Waals surface area contributed by atoms with E-state index >= 15 is 0 Å². The molecule has 1 unspecified atom stereocenters. The summed E-state index contributed by atoms with van der Waals surface area (Å²) in [5.41, 5.74) is 0.353. The zero-order valence-corrected chi connectivity index (χ0v) is 15.2. The average molecular weight is 358 g/mol. The summed E-state index contributed by atoms with van der Waals surface area (Å²) in [6.07, 6.45) is 4.48. The van der Waals surface area contributed by atoms with E-state index in [2.05, 4.69) is 20.2 Å². The van der Waals surface area contributed by atoms with E-state index in [1.54, 1.807) is 39.1 Å². The smallest absolute Gasteiger partial charge is 0.413 e. The molecule has 1 aliphatic rings. The fraction of sp³-hybridized carbons (Fsp3) is 0.421. The predicted octanol–water partition coefficient (Wildman–Crippen LogP) is 4.30. The SMILES string of the molecule is CC(C)(C)OC(=O)Nc1cnc(N2CCCC2c2cccc(F)c2)cn1. The summed E-state index contributed by atoms with van der Waals surface area (Å²) in [5, 5.41) is 2.56. The van der Waals surface area contributed by atoms with Gasteiger partial charge in [-0.1, -0.05) is 12.1 Å². The lowest BCUT2D eigenvalue weighted by molar-refractivity contribution is 0.0635. The van der Waals surface area contributed by atoms with E-state index in [0.717, 1.165) is 24.9 Å². The van der Waals surface area contributed by atoms with Crippen LogP contribution >= 0.6 is 0 Å². The van der Waals surface area contributed by atoms with Gasteiger partial charge >= 0.3 is 6.09 Å². The van der Waals surface area contributed by atoms with Gasteiger partial charge in [0.2, 0.25) is 0 Å². The second-order valence-electron chi connectivity index (χ2n) is 7.29. The van der Waals surface area contributed by atoms with Gasteiger partial charge in [0.15, 0.2) is 5.82 Å². The molecule has 1 aromatic carbocycles. The first-order valence-electron chi connectivity index (χ1n) is 8.66. The molecule has 1 amide bonds. The summed E-state index contributed by atoms with van der Waals surface area (Å²) in [6.45, 7) is 6.21. The van der Waals surface area contributed by atoms with Crippen molar-refractivity contribution in [2.45, 2.75) is 45.3 Å². The zero-order chi connectivity index (χ0) is 18.7. The Kier molecular flexibility index (Phi) is 5.06. The van der Waals surface area contributed by atoms with Crippen LogP contribution in [0.25, 0.3) is 0 Å². The van der Waals surface area contributed by atoms with E-state index in [4.69, 9.17) is 4.74 Å². The number of rotatable bonds is 3. The highest BCUT2D eigenvalue weighted by Gasteiger charge is 2.27. The monoisotopic (exact) mass is 358 g/mol. The van der Waals surface area contributed by atoms with Crippen LogP contribution in [0.15, 0.2) is 36.7 Å². The molecule has 0 bridgehead atoms. The summed E-state index contributed by atoms with van der Waals surface area (Å²) in [5.74, 6) is 0.786. The number of nitrogens with zero attached hydrogens (tertiary/aromatic N) is 3. The number of aromatic nitrogens is 2. The van der Waals surface area contributed by atoms with E-state index in [1.807, 2.05) is 6.07 Å². The minimum Gasteiger partial charge on any atom is -0.444 e. The summed E-state index contributed by atoms with van der Waals surface area (Å²) < 4.78 is 18.7. The fourth-order valence-electron chi connectivity index (χ4n) is 3.04. The molecule has 1 aliphatic heterocycles. The van der Waals surface area contributed by atoms with Gasteiger partial charge in [0, 0.05) is 6.54 Å². The Labute approximate surface area is 152 Å². The number of ether oxygens (including phenoxy) is 1. The Morgan fingerprint density at radius 3 is 2.77 bits per heavy atom. The number of carbonyl (C=O) groups excluding carboxylic acids is 1. The number of halogens is 1. The Balaban J connectivity index is 1.70. The first kappa shape index (κ1) is 18.1. The minimum absolute atomic E-state index is 0.0738. The van der Waals surface area contributed by atoms with Gasteiger partial charge in [-0.05, 0) is 51.3 Å². The maximum Gasteiger partial charge on any atom is 0.413 e. The fourth-order valence-corrected chi connectivity index (χ4v) is 3.04. The van der Waals surface area contributed by atoms with Crippen molar-refractivity contribution in [3.05, 3.63) is 48.0 Å². The van der Waals surface area contributed by atoms with Crippen molar-refractivity contribution in [3.8, 4) is 0 Å². The van der Waals surface area contributed by atoms with E-state index in [0.29, 0.717) is 11.6 Å². The summed E-state index contributed by atoms with van der Waals surface area (Å²) in [4.78, 5) is 22.6. The van der Waals surface area contributed by atoms with Crippen molar-refractivity contribution < 1.29 is 13.9 Å². The lowest BCUT2D eigenvalue weighted by Gasteiger charge is -2.26. The van der Waals surface area contributed by atoms with E-state index in [-0.39, 0.29) is 11.9 Å². The predicted molar refractivity (Wildman–Crippen MR) is 97.6 cm³/mol. The van der Waals surface area contributed by atoms with Gasteiger partial charge in [0.1, 0.15) is 17.2 Å². The summed E-state index contributed by atoms with van der Waals surface area (Å²) in [6, 6.07) is 6.73. The molecule has 2 heterocycles. The van der Waals surface area contributed by atoms with Crippen LogP contribution in [0.1, 0.15) is 45.2 Å². The highest BCUT2D eigenvalue weighted by Crippen LogP contribution is 2.35. The third-order valence-electron chi connectivity index (χ3n) is 4.05. The Hall–Kier alpha value is -2.70. The molecule has 0 saturated carbocycles. The first-order chi connectivity index (χ1) is 12.3. The lowest BCUT2D eigenvalue weighted by Crippen LogP contribution is -2.28. The quantitative estimate of drug-likeness (QED) is 0.886. The summed E-state index contributed by atoms with van der Waals surface area (Å²) in [7, 11) is 0. The molecule has 0 aliphatic carbocycles. The van der Waals surface area contributed by atoms with Crippen molar-refractivity contribution in [1.29, 1.82) is 0 Å². The molecule has 0 radical (unpaired) electrons. The molecule has 1 aromatic heterocycles. The van der Waals surface area contributed by atoms with Crippen molar-refractivity contribution in [2.75, 3.05) is 16.8 Å². The zero-order valence-electron chi connectivity index (χ0n) is 15.2. The topological polar surface area (TPSA) is 67.3 Å². The van der Waals surface area contributed by atoms with Crippen molar-refractivity contribution >= 4 is 17.7 Å². The van der Waals surface area contributed by atoms with Gasteiger partial charge < -0.3 is 9.64 Å². The Morgan fingerprint density at radius 2 is 2.12 bits per heavy atom. The van der Waals surface area contributed by atoms with Crippen LogP contribution in [0.3, 0.4) is 0 Å². The van der Waals surface area contributed by atoms with Crippen LogP contribution in [0.5, 0.6) is 0 Å². The number of hydrogen-bond donors (Lipinski definition) is 1. The van der Waals surface area contributed by atoms with E-state index in [1.165, 1.54) is 12.3 Å². The number of amides is 1. The van der Waals surface area contributed by atoms with Crippen molar-refractivity contribution in [3.63, 3.8) is 0 Å². The normalized spacial score (nSPS) is 17.2. The second-order valence-corrected chi connectivity index (χ2v) is 7.29. The molecule has 2 aromatic rings. The van der Waals surface area contributed by atoms with E-state index < -0.39 is 11.7 Å². The Bertz CT molecular complexity index is 774. The molecule has 3 rings (SSSR count). The van der Waals surface area contributed by atoms with E-state index in [9.17, 15) is 9.18 Å². The maximum absolute atomic E-state index is 13.5. The number of nitrogens with one attached hydrogen (secondary N) is 1. The molecule has 1 saturated heterocycles. The molecule has 26 heavy (non-hydrogen) atoms. The minimum atomic E-state index is -0.578. The third kappa shape index (κ3) is 4.47.